The van der Waals surface area contributed by atoms with Crippen molar-refractivity contribution >= 4 is 46.7 Å². The molecule has 21 heavy (non-hydrogen) atoms. The molecule has 0 bridgehead atoms. The van der Waals surface area contributed by atoms with Crippen LogP contribution in [0.2, 0.25) is 15.1 Å². The number of ether oxygens (including phenoxy) is 1. The summed E-state index contributed by atoms with van der Waals surface area (Å²) < 4.78 is 5.16. The van der Waals surface area contributed by atoms with Gasteiger partial charge in [-0.25, -0.2) is 0 Å². The Kier molecular flexibility index (Phi) is 5.29. The molecule has 2 aromatic carbocycles. The van der Waals surface area contributed by atoms with Gasteiger partial charge >= 0.3 is 0 Å². The van der Waals surface area contributed by atoms with Crippen LogP contribution < -0.4 is 4.74 Å². The van der Waals surface area contributed by atoms with Crippen LogP contribution in [0, 0.1) is 0 Å². The van der Waals surface area contributed by atoms with Crippen molar-refractivity contribution < 1.29 is 9.53 Å². The summed E-state index contributed by atoms with van der Waals surface area (Å²) in [5, 5.41) is 1.32. The number of hydrogen-bond donors (Lipinski definition) is 0. The van der Waals surface area contributed by atoms with E-state index in [0.29, 0.717) is 26.4 Å². The molecule has 0 fully saturated rings. The van der Waals surface area contributed by atoms with Crippen LogP contribution in [-0.4, -0.2) is 12.9 Å². The Morgan fingerprint density at radius 3 is 2.33 bits per heavy atom. The van der Waals surface area contributed by atoms with Crippen molar-refractivity contribution in [2.24, 2.45) is 0 Å². The second-order valence-corrected chi connectivity index (χ2v) is 5.50. The van der Waals surface area contributed by atoms with Crippen LogP contribution >= 0.6 is 34.8 Å². The Morgan fingerprint density at radius 2 is 1.71 bits per heavy atom. The Balaban J connectivity index is 2.30. The van der Waals surface area contributed by atoms with Crippen molar-refractivity contribution in [3.8, 4) is 5.75 Å². The van der Waals surface area contributed by atoms with Crippen LogP contribution in [0.3, 0.4) is 0 Å². The highest BCUT2D eigenvalue weighted by Gasteiger charge is 2.14. The molecule has 0 radical (unpaired) electrons. The van der Waals surface area contributed by atoms with Gasteiger partial charge in [0, 0.05) is 10.0 Å². The summed E-state index contributed by atoms with van der Waals surface area (Å²) >= 11 is 17.7. The minimum Gasteiger partial charge on any atom is -0.494 e. The monoisotopic (exact) mass is 340 g/mol. The molecule has 0 aliphatic heterocycles. The van der Waals surface area contributed by atoms with Gasteiger partial charge in [0.1, 0.15) is 5.75 Å². The molecule has 0 saturated carbocycles. The zero-order chi connectivity index (χ0) is 15.4. The molecule has 0 N–H and O–H groups in total. The lowest BCUT2D eigenvalue weighted by molar-refractivity contribution is 0.104. The van der Waals surface area contributed by atoms with Crippen molar-refractivity contribution in [1.29, 1.82) is 0 Å². The van der Waals surface area contributed by atoms with Crippen LogP contribution in [0.4, 0.5) is 0 Å². The van der Waals surface area contributed by atoms with Gasteiger partial charge in [0.15, 0.2) is 5.78 Å². The molecular formula is C16H11Cl3O2. The number of methoxy groups -OCH3 is 1. The summed E-state index contributed by atoms with van der Waals surface area (Å²) in [7, 11) is 1.45. The maximum atomic E-state index is 12.3. The van der Waals surface area contributed by atoms with Crippen molar-refractivity contribution in [3.63, 3.8) is 0 Å². The lowest BCUT2D eigenvalue weighted by Crippen LogP contribution is -1.99. The third-order valence-corrected chi connectivity index (χ3v) is 3.53. The van der Waals surface area contributed by atoms with Gasteiger partial charge in [0.05, 0.1) is 17.7 Å². The van der Waals surface area contributed by atoms with Crippen molar-refractivity contribution in [2.45, 2.75) is 0 Å². The fourth-order valence-corrected chi connectivity index (χ4v) is 2.48. The average molecular weight is 342 g/mol. The zero-order valence-electron chi connectivity index (χ0n) is 11.1. The van der Waals surface area contributed by atoms with Crippen molar-refractivity contribution in [1.82, 2.24) is 0 Å². The smallest absolute Gasteiger partial charge is 0.189 e. The molecular weight excluding hydrogens is 331 g/mol. The maximum absolute atomic E-state index is 12.3. The highest BCUT2D eigenvalue weighted by atomic mass is 35.5. The topological polar surface area (TPSA) is 26.3 Å². The number of rotatable bonds is 4. The number of halogens is 3. The van der Waals surface area contributed by atoms with Gasteiger partial charge in [-0.2, -0.15) is 0 Å². The number of ketones is 1. The van der Waals surface area contributed by atoms with E-state index in [1.165, 1.54) is 25.3 Å². The van der Waals surface area contributed by atoms with Crippen LogP contribution in [0.1, 0.15) is 15.9 Å². The lowest BCUT2D eigenvalue weighted by Gasteiger charge is -2.08. The molecule has 0 amide bonds. The highest BCUT2D eigenvalue weighted by Crippen LogP contribution is 2.32. The van der Waals surface area contributed by atoms with Crippen molar-refractivity contribution in [2.75, 3.05) is 7.11 Å². The number of benzene rings is 2. The van der Waals surface area contributed by atoms with Gasteiger partial charge < -0.3 is 4.74 Å². The Labute approximate surface area is 137 Å². The zero-order valence-corrected chi connectivity index (χ0v) is 13.3. The fourth-order valence-electron chi connectivity index (χ4n) is 1.79. The molecule has 0 spiro atoms. The van der Waals surface area contributed by atoms with Crippen LogP contribution in [0.5, 0.6) is 5.75 Å². The van der Waals surface area contributed by atoms with Crippen LogP contribution in [0.25, 0.3) is 6.08 Å². The second kappa shape index (κ2) is 6.99. The second-order valence-electron chi connectivity index (χ2n) is 4.22. The van der Waals surface area contributed by atoms with E-state index < -0.39 is 0 Å². The summed E-state index contributed by atoms with van der Waals surface area (Å²) in [6.07, 6.45) is 3.13. The molecule has 2 aromatic rings. The molecule has 0 atom stereocenters. The quantitative estimate of drug-likeness (QED) is 0.538. The van der Waals surface area contributed by atoms with E-state index in [-0.39, 0.29) is 5.78 Å². The summed E-state index contributed by atoms with van der Waals surface area (Å²) in [5.41, 5.74) is 1.18. The molecule has 0 aromatic heterocycles. The molecule has 2 nitrogen and oxygen atoms in total. The first-order chi connectivity index (χ1) is 10.0. The number of carbonyl (C=O) groups excluding carboxylic acids is 1. The third-order valence-electron chi connectivity index (χ3n) is 2.78. The minimum atomic E-state index is -0.244. The first kappa shape index (κ1) is 15.9. The van der Waals surface area contributed by atoms with Gasteiger partial charge in [-0.05, 0) is 35.9 Å². The molecule has 0 saturated heterocycles. The van der Waals surface area contributed by atoms with Gasteiger partial charge in [-0.15, -0.1) is 0 Å². The average Bonchev–Trinajstić information content (AvgIpc) is 2.45. The molecule has 0 aliphatic rings. The van der Waals surface area contributed by atoms with E-state index >= 15 is 0 Å². The first-order valence-corrected chi connectivity index (χ1v) is 7.15. The summed E-state index contributed by atoms with van der Waals surface area (Å²) in [5.74, 6) is 0.0676. The van der Waals surface area contributed by atoms with E-state index in [2.05, 4.69) is 0 Å². The number of hydrogen-bond acceptors (Lipinski definition) is 2. The fraction of sp³-hybridized carbons (Fsp3) is 0.0625. The molecule has 5 heteroatoms. The largest absolute Gasteiger partial charge is 0.494 e. The van der Waals surface area contributed by atoms with Crippen molar-refractivity contribution in [3.05, 3.63) is 68.7 Å². The van der Waals surface area contributed by atoms with E-state index in [9.17, 15) is 4.79 Å². The minimum absolute atomic E-state index is 0.244. The van der Waals surface area contributed by atoms with E-state index in [4.69, 9.17) is 39.5 Å². The normalized spacial score (nSPS) is 10.9. The standard InChI is InChI=1S/C16H11Cl3O2/c1-21-16-13(8-12(18)9-14(16)19)15(20)7-4-10-2-5-11(17)6-3-10/h2-9H,1H3/b7-4-. The summed E-state index contributed by atoms with van der Waals surface area (Å²) in [6, 6.07) is 10.2. The van der Waals surface area contributed by atoms with Gasteiger partial charge in [-0.3, -0.25) is 4.79 Å². The summed E-state index contributed by atoms with van der Waals surface area (Å²) in [6.45, 7) is 0. The Morgan fingerprint density at radius 1 is 1.05 bits per heavy atom. The Hall–Kier alpha value is -1.48. The van der Waals surface area contributed by atoms with Gasteiger partial charge in [0.2, 0.25) is 0 Å². The van der Waals surface area contributed by atoms with E-state index in [1.54, 1.807) is 18.2 Å². The Bertz CT molecular complexity index is 691. The molecule has 0 unspecified atom stereocenters. The molecule has 0 aliphatic carbocycles. The highest BCUT2D eigenvalue weighted by molar-refractivity contribution is 6.36. The maximum Gasteiger partial charge on any atom is 0.189 e. The molecule has 2 rings (SSSR count). The van der Waals surface area contributed by atoms with Gasteiger partial charge in [0.25, 0.3) is 0 Å². The first-order valence-electron chi connectivity index (χ1n) is 6.02. The number of carbonyl (C=O) groups is 1. The lowest BCUT2D eigenvalue weighted by atomic mass is 10.1. The van der Waals surface area contributed by atoms with E-state index in [1.807, 2.05) is 12.1 Å². The van der Waals surface area contributed by atoms with Crippen LogP contribution in [0.15, 0.2) is 42.5 Å². The third kappa shape index (κ3) is 4.01. The predicted molar refractivity (Wildman–Crippen MR) is 87.8 cm³/mol. The van der Waals surface area contributed by atoms with Crippen LogP contribution in [-0.2, 0) is 0 Å². The molecule has 0 heterocycles. The summed E-state index contributed by atoms with van der Waals surface area (Å²) in [4.78, 5) is 12.3. The molecule has 108 valence electrons. The number of allylic oxidation sites excluding steroid dienone is 1. The SMILES string of the molecule is COc1c(Cl)cc(Cl)cc1C(=O)/C=C\c1ccc(Cl)cc1. The van der Waals surface area contributed by atoms with E-state index in [0.717, 1.165) is 5.56 Å². The van der Waals surface area contributed by atoms with Gasteiger partial charge in [-0.1, -0.05) is 53.0 Å². The predicted octanol–water partition coefficient (Wildman–Crippen LogP) is 5.55.